The zero-order valence-electron chi connectivity index (χ0n) is 14.8. The number of hydrogen-bond acceptors (Lipinski definition) is 2. The van der Waals surface area contributed by atoms with Gasteiger partial charge >= 0.3 is 6.03 Å². The van der Waals surface area contributed by atoms with Gasteiger partial charge in [-0.15, -0.1) is 0 Å². The molecule has 1 aliphatic heterocycles. The van der Waals surface area contributed by atoms with Crippen LogP contribution in [0.1, 0.15) is 59.3 Å². The molecule has 0 aromatic carbocycles. The first-order valence-corrected chi connectivity index (χ1v) is 9.35. The van der Waals surface area contributed by atoms with E-state index >= 15 is 0 Å². The van der Waals surface area contributed by atoms with Crippen molar-refractivity contribution in [1.82, 2.24) is 15.1 Å². The van der Waals surface area contributed by atoms with E-state index in [2.05, 4.69) is 17.1 Å². The predicted octanol–water partition coefficient (Wildman–Crippen LogP) is 2.61. The lowest BCUT2D eigenvalue weighted by molar-refractivity contribution is -0.140. The van der Waals surface area contributed by atoms with Crippen molar-refractivity contribution < 1.29 is 9.59 Å². The van der Waals surface area contributed by atoms with E-state index in [1.165, 1.54) is 25.7 Å². The molecule has 23 heavy (non-hydrogen) atoms. The maximum atomic E-state index is 13.0. The van der Waals surface area contributed by atoms with Crippen LogP contribution in [0.15, 0.2) is 0 Å². The number of piperidine rings is 1. The average Bonchev–Trinajstić information content (AvgIpc) is 3.38. The predicted molar refractivity (Wildman–Crippen MR) is 90.0 cm³/mol. The van der Waals surface area contributed by atoms with E-state index < -0.39 is 0 Å². The van der Waals surface area contributed by atoms with Gasteiger partial charge in [0, 0.05) is 37.1 Å². The van der Waals surface area contributed by atoms with Crippen LogP contribution in [0.25, 0.3) is 0 Å². The van der Waals surface area contributed by atoms with Gasteiger partial charge in [0.1, 0.15) is 0 Å². The SMILES string of the molecule is CC(C)NC(=O)N1CCC(C(=O)N(C2CC2)[C@@H](C)C2CC2)CC1. The summed E-state index contributed by atoms with van der Waals surface area (Å²) in [5.41, 5.74) is 0. The molecule has 1 heterocycles. The summed E-state index contributed by atoms with van der Waals surface area (Å²) in [6.07, 6.45) is 6.55. The van der Waals surface area contributed by atoms with E-state index in [1.54, 1.807) is 0 Å². The zero-order chi connectivity index (χ0) is 16.6. The molecular weight excluding hydrogens is 290 g/mol. The summed E-state index contributed by atoms with van der Waals surface area (Å²) in [7, 11) is 0. The molecule has 5 heteroatoms. The van der Waals surface area contributed by atoms with Gasteiger partial charge in [-0.25, -0.2) is 4.79 Å². The largest absolute Gasteiger partial charge is 0.336 e. The number of carbonyl (C=O) groups is 2. The normalized spacial score (nSPS) is 23.7. The summed E-state index contributed by atoms with van der Waals surface area (Å²) < 4.78 is 0. The Morgan fingerprint density at radius 2 is 1.61 bits per heavy atom. The van der Waals surface area contributed by atoms with Crippen LogP contribution < -0.4 is 5.32 Å². The Labute approximate surface area is 139 Å². The number of likely N-dealkylation sites (tertiary alicyclic amines) is 1. The molecule has 3 fully saturated rings. The van der Waals surface area contributed by atoms with E-state index in [-0.39, 0.29) is 18.0 Å². The Kier molecular flexibility index (Phi) is 4.83. The first-order valence-electron chi connectivity index (χ1n) is 9.35. The molecule has 2 aliphatic carbocycles. The van der Waals surface area contributed by atoms with Crippen LogP contribution in [0.5, 0.6) is 0 Å². The Morgan fingerprint density at radius 1 is 1.00 bits per heavy atom. The lowest BCUT2D eigenvalue weighted by Gasteiger charge is -2.37. The minimum atomic E-state index is 0.0105. The fourth-order valence-electron chi connectivity index (χ4n) is 3.75. The smallest absolute Gasteiger partial charge is 0.317 e. The van der Waals surface area contributed by atoms with Crippen LogP contribution in [-0.4, -0.2) is 53.0 Å². The Balaban J connectivity index is 1.53. The van der Waals surface area contributed by atoms with Crippen molar-refractivity contribution in [3.05, 3.63) is 0 Å². The van der Waals surface area contributed by atoms with E-state index in [4.69, 9.17) is 0 Å². The van der Waals surface area contributed by atoms with Gasteiger partial charge in [-0.05, 0) is 65.2 Å². The van der Waals surface area contributed by atoms with E-state index in [1.807, 2.05) is 18.7 Å². The van der Waals surface area contributed by atoms with Crippen molar-refractivity contribution in [2.75, 3.05) is 13.1 Å². The summed E-state index contributed by atoms with van der Waals surface area (Å²) in [4.78, 5) is 29.1. The second-order valence-electron chi connectivity index (χ2n) is 7.92. The molecule has 0 spiro atoms. The molecule has 0 aromatic rings. The first-order chi connectivity index (χ1) is 11.0. The number of nitrogens with one attached hydrogen (secondary N) is 1. The van der Waals surface area contributed by atoms with Crippen molar-refractivity contribution in [1.29, 1.82) is 0 Å². The molecule has 3 amide bonds. The molecular formula is C18H31N3O2. The van der Waals surface area contributed by atoms with Crippen molar-refractivity contribution in [3.8, 4) is 0 Å². The summed E-state index contributed by atoms with van der Waals surface area (Å²) in [6.45, 7) is 7.58. The second kappa shape index (κ2) is 6.70. The number of hydrogen-bond donors (Lipinski definition) is 1. The molecule has 1 atom stereocenters. The van der Waals surface area contributed by atoms with Crippen LogP contribution in [-0.2, 0) is 4.79 Å². The maximum Gasteiger partial charge on any atom is 0.317 e. The number of urea groups is 1. The fourth-order valence-corrected chi connectivity index (χ4v) is 3.75. The Bertz CT molecular complexity index is 449. The molecule has 0 unspecified atom stereocenters. The number of rotatable bonds is 5. The highest BCUT2D eigenvalue weighted by atomic mass is 16.2. The van der Waals surface area contributed by atoms with E-state index in [9.17, 15) is 9.59 Å². The summed E-state index contributed by atoms with van der Waals surface area (Å²) in [5.74, 6) is 1.20. The Hall–Kier alpha value is -1.26. The van der Waals surface area contributed by atoms with Gasteiger partial charge in [-0.3, -0.25) is 4.79 Å². The topological polar surface area (TPSA) is 52.7 Å². The third kappa shape index (κ3) is 3.99. The summed E-state index contributed by atoms with van der Waals surface area (Å²) >= 11 is 0. The van der Waals surface area contributed by atoms with Crippen LogP contribution in [0, 0.1) is 11.8 Å². The van der Waals surface area contributed by atoms with Crippen LogP contribution in [0.3, 0.4) is 0 Å². The summed E-state index contributed by atoms with van der Waals surface area (Å²) in [6, 6.07) is 1.08. The van der Waals surface area contributed by atoms with Crippen molar-refractivity contribution >= 4 is 11.9 Å². The standard InChI is InChI=1S/C18H31N3O2/c1-12(2)19-18(23)20-10-8-15(9-11-20)17(22)21(16-6-7-16)13(3)14-4-5-14/h12-16H,4-11H2,1-3H3,(H,19,23)/t13-/m0/s1. The maximum absolute atomic E-state index is 13.0. The molecule has 130 valence electrons. The third-order valence-electron chi connectivity index (χ3n) is 5.48. The third-order valence-corrected chi connectivity index (χ3v) is 5.48. The van der Waals surface area contributed by atoms with Crippen molar-refractivity contribution in [2.45, 2.75) is 77.4 Å². The number of carbonyl (C=O) groups excluding carboxylic acids is 2. The quantitative estimate of drug-likeness (QED) is 0.846. The molecule has 3 rings (SSSR count). The van der Waals surface area contributed by atoms with Crippen LogP contribution in [0.2, 0.25) is 0 Å². The fraction of sp³-hybridized carbons (Fsp3) is 0.889. The lowest BCUT2D eigenvalue weighted by Crippen LogP contribution is -2.50. The van der Waals surface area contributed by atoms with E-state index in [0.29, 0.717) is 31.1 Å². The molecule has 1 N–H and O–H groups in total. The molecule has 1 saturated heterocycles. The van der Waals surface area contributed by atoms with Crippen LogP contribution >= 0.6 is 0 Å². The van der Waals surface area contributed by atoms with E-state index in [0.717, 1.165) is 18.8 Å². The zero-order valence-corrected chi connectivity index (χ0v) is 14.8. The Morgan fingerprint density at radius 3 is 2.09 bits per heavy atom. The summed E-state index contributed by atoms with van der Waals surface area (Å²) in [5, 5.41) is 2.94. The van der Waals surface area contributed by atoms with Gasteiger partial charge in [0.2, 0.25) is 5.91 Å². The van der Waals surface area contributed by atoms with Crippen molar-refractivity contribution in [2.24, 2.45) is 11.8 Å². The number of nitrogens with zero attached hydrogens (tertiary/aromatic N) is 2. The highest BCUT2D eigenvalue weighted by Crippen LogP contribution is 2.41. The minimum absolute atomic E-state index is 0.0105. The van der Waals surface area contributed by atoms with Gasteiger partial charge in [-0.2, -0.15) is 0 Å². The molecule has 0 radical (unpaired) electrons. The second-order valence-corrected chi connectivity index (χ2v) is 7.92. The molecule has 0 bridgehead atoms. The monoisotopic (exact) mass is 321 g/mol. The molecule has 3 aliphatic rings. The molecule has 0 aromatic heterocycles. The highest BCUT2D eigenvalue weighted by Gasteiger charge is 2.43. The molecule has 5 nitrogen and oxygen atoms in total. The van der Waals surface area contributed by atoms with Gasteiger partial charge in [-0.1, -0.05) is 0 Å². The van der Waals surface area contributed by atoms with Gasteiger partial charge in [0.25, 0.3) is 0 Å². The van der Waals surface area contributed by atoms with Gasteiger partial charge in [0.05, 0.1) is 0 Å². The minimum Gasteiger partial charge on any atom is -0.336 e. The van der Waals surface area contributed by atoms with Crippen LogP contribution in [0.4, 0.5) is 4.79 Å². The average molecular weight is 321 g/mol. The highest BCUT2D eigenvalue weighted by molar-refractivity contribution is 5.81. The molecule has 2 saturated carbocycles. The van der Waals surface area contributed by atoms with Crippen molar-refractivity contribution in [3.63, 3.8) is 0 Å². The number of amides is 3. The lowest BCUT2D eigenvalue weighted by atomic mass is 9.94. The first kappa shape index (κ1) is 16.6. The van der Waals surface area contributed by atoms with Gasteiger partial charge in [0.15, 0.2) is 0 Å². The van der Waals surface area contributed by atoms with Gasteiger partial charge < -0.3 is 15.1 Å².